The molecule has 0 saturated heterocycles. The Hall–Kier alpha value is -0.530. The zero-order valence-electron chi connectivity index (χ0n) is 9.92. The first-order valence-electron chi connectivity index (χ1n) is 5.48. The molecular weight excluding hydrogens is 206 g/mol. The summed E-state index contributed by atoms with van der Waals surface area (Å²) in [5, 5.41) is 0. The van der Waals surface area contributed by atoms with Gasteiger partial charge in [-0.2, -0.15) is 0 Å². The molecule has 0 heterocycles. The molecule has 0 bridgehead atoms. The van der Waals surface area contributed by atoms with E-state index in [1.54, 1.807) is 0 Å². The lowest BCUT2D eigenvalue weighted by atomic mass is 9.93. The van der Waals surface area contributed by atoms with Crippen LogP contribution < -0.4 is 5.73 Å². The molecule has 0 saturated carbocycles. The van der Waals surface area contributed by atoms with Gasteiger partial charge in [-0.05, 0) is 37.0 Å². The number of unbranched alkanes of at least 4 members (excludes halogenated alkanes) is 1. The Bertz CT molecular complexity index is 276. The highest BCUT2D eigenvalue weighted by Gasteiger charge is 2.10. The molecule has 1 atom stereocenters. The minimum atomic E-state index is 0. The predicted molar refractivity (Wildman–Crippen MR) is 69.6 cm³/mol. The molecule has 1 rings (SSSR count). The molecule has 0 fully saturated rings. The average Bonchev–Trinajstić information content (AvgIpc) is 2.14. The second-order valence-corrected chi connectivity index (χ2v) is 4.05. The van der Waals surface area contributed by atoms with E-state index in [-0.39, 0.29) is 18.4 Å². The third-order valence-corrected chi connectivity index (χ3v) is 2.78. The highest BCUT2D eigenvalue weighted by Crippen LogP contribution is 2.23. The van der Waals surface area contributed by atoms with E-state index in [1.807, 2.05) is 0 Å². The summed E-state index contributed by atoms with van der Waals surface area (Å²) in [6.07, 6.45) is 3.54. The van der Waals surface area contributed by atoms with Gasteiger partial charge < -0.3 is 5.73 Å². The van der Waals surface area contributed by atoms with Gasteiger partial charge in [0.1, 0.15) is 0 Å². The van der Waals surface area contributed by atoms with Crippen LogP contribution in [0.2, 0.25) is 0 Å². The maximum atomic E-state index is 6.18. The Kier molecular flexibility index (Phi) is 6.62. The third kappa shape index (κ3) is 3.84. The summed E-state index contributed by atoms with van der Waals surface area (Å²) in [7, 11) is 0. The number of nitrogens with two attached hydrogens (primary N) is 1. The number of hydrogen-bond acceptors (Lipinski definition) is 1. The van der Waals surface area contributed by atoms with Gasteiger partial charge in [-0.15, -0.1) is 12.4 Å². The van der Waals surface area contributed by atoms with Gasteiger partial charge >= 0.3 is 0 Å². The van der Waals surface area contributed by atoms with Crippen molar-refractivity contribution in [3.8, 4) is 0 Å². The van der Waals surface area contributed by atoms with E-state index in [1.165, 1.54) is 29.5 Å². The summed E-state index contributed by atoms with van der Waals surface area (Å²) in [6.45, 7) is 6.50. The monoisotopic (exact) mass is 227 g/mol. The Balaban J connectivity index is 0.00000196. The molecule has 1 aromatic rings. The van der Waals surface area contributed by atoms with Crippen molar-refractivity contribution in [3.05, 3.63) is 34.9 Å². The van der Waals surface area contributed by atoms with Crippen molar-refractivity contribution in [2.24, 2.45) is 5.73 Å². The van der Waals surface area contributed by atoms with Crippen molar-refractivity contribution in [1.29, 1.82) is 0 Å². The topological polar surface area (TPSA) is 26.0 Å². The van der Waals surface area contributed by atoms with E-state index in [0.29, 0.717) is 0 Å². The molecule has 0 aliphatic rings. The molecule has 2 N–H and O–H groups in total. The van der Waals surface area contributed by atoms with Crippen LogP contribution in [0.3, 0.4) is 0 Å². The SMILES string of the molecule is CCCC[C@H](N)c1c(C)cccc1C.Cl. The Morgan fingerprint density at radius 2 is 1.73 bits per heavy atom. The fourth-order valence-corrected chi connectivity index (χ4v) is 1.98. The molecule has 86 valence electrons. The smallest absolute Gasteiger partial charge is 0.0300 e. The van der Waals surface area contributed by atoms with Gasteiger partial charge in [0.05, 0.1) is 0 Å². The van der Waals surface area contributed by atoms with Crippen molar-refractivity contribution in [1.82, 2.24) is 0 Å². The third-order valence-electron chi connectivity index (χ3n) is 2.78. The minimum absolute atomic E-state index is 0. The fourth-order valence-electron chi connectivity index (χ4n) is 1.98. The first kappa shape index (κ1) is 14.5. The van der Waals surface area contributed by atoms with Crippen molar-refractivity contribution < 1.29 is 0 Å². The summed E-state index contributed by atoms with van der Waals surface area (Å²) in [5.41, 5.74) is 10.2. The molecule has 0 amide bonds. The molecule has 1 aromatic carbocycles. The molecular formula is C13H22ClN. The molecule has 0 aliphatic heterocycles. The summed E-state index contributed by atoms with van der Waals surface area (Å²) in [4.78, 5) is 0. The average molecular weight is 228 g/mol. The molecule has 0 spiro atoms. The lowest BCUT2D eigenvalue weighted by Crippen LogP contribution is -2.13. The number of benzene rings is 1. The first-order valence-corrected chi connectivity index (χ1v) is 5.48. The van der Waals surface area contributed by atoms with E-state index in [4.69, 9.17) is 5.73 Å². The van der Waals surface area contributed by atoms with Crippen LogP contribution in [0.5, 0.6) is 0 Å². The maximum absolute atomic E-state index is 6.18. The first-order chi connectivity index (χ1) is 6.66. The van der Waals surface area contributed by atoms with E-state index in [2.05, 4.69) is 39.0 Å². The van der Waals surface area contributed by atoms with Crippen LogP contribution in [-0.4, -0.2) is 0 Å². The van der Waals surface area contributed by atoms with Crippen molar-refractivity contribution in [2.45, 2.75) is 46.1 Å². The number of hydrogen-bond donors (Lipinski definition) is 1. The van der Waals surface area contributed by atoms with Gasteiger partial charge in [0.2, 0.25) is 0 Å². The van der Waals surface area contributed by atoms with Crippen LogP contribution in [0.4, 0.5) is 0 Å². The zero-order valence-corrected chi connectivity index (χ0v) is 10.7. The molecule has 0 radical (unpaired) electrons. The quantitative estimate of drug-likeness (QED) is 0.829. The standard InChI is InChI=1S/C13H21N.ClH/c1-4-5-9-12(14)13-10(2)7-6-8-11(13)3;/h6-8,12H,4-5,9,14H2,1-3H3;1H/t12-;/m0./s1. The van der Waals surface area contributed by atoms with Crippen LogP contribution in [0.15, 0.2) is 18.2 Å². The molecule has 1 nitrogen and oxygen atoms in total. The van der Waals surface area contributed by atoms with Crippen molar-refractivity contribution in [2.75, 3.05) is 0 Å². The summed E-state index contributed by atoms with van der Waals surface area (Å²) in [6, 6.07) is 6.61. The van der Waals surface area contributed by atoms with Gasteiger partial charge in [0.25, 0.3) is 0 Å². The minimum Gasteiger partial charge on any atom is -0.324 e. The Labute approximate surface area is 99.5 Å². The second-order valence-electron chi connectivity index (χ2n) is 4.05. The van der Waals surface area contributed by atoms with Gasteiger partial charge in [0, 0.05) is 6.04 Å². The zero-order chi connectivity index (χ0) is 10.6. The molecule has 0 unspecified atom stereocenters. The Morgan fingerprint density at radius 1 is 1.20 bits per heavy atom. The van der Waals surface area contributed by atoms with Crippen molar-refractivity contribution >= 4 is 12.4 Å². The molecule has 15 heavy (non-hydrogen) atoms. The normalized spacial score (nSPS) is 12.0. The van der Waals surface area contributed by atoms with Gasteiger partial charge in [-0.25, -0.2) is 0 Å². The van der Waals surface area contributed by atoms with Crippen LogP contribution in [0.1, 0.15) is 48.9 Å². The lowest BCUT2D eigenvalue weighted by molar-refractivity contribution is 0.598. The lowest BCUT2D eigenvalue weighted by Gasteiger charge is -2.17. The number of halogens is 1. The number of rotatable bonds is 4. The molecule has 0 aromatic heterocycles. The Morgan fingerprint density at radius 3 is 2.20 bits per heavy atom. The van der Waals surface area contributed by atoms with E-state index >= 15 is 0 Å². The van der Waals surface area contributed by atoms with Crippen LogP contribution >= 0.6 is 12.4 Å². The van der Waals surface area contributed by atoms with Crippen LogP contribution in [-0.2, 0) is 0 Å². The van der Waals surface area contributed by atoms with E-state index in [9.17, 15) is 0 Å². The van der Waals surface area contributed by atoms with Gasteiger partial charge in [-0.3, -0.25) is 0 Å². The highest BCUT2D eigenvalue weighted by molar-refractivity contribution is 5.85. The van der Waals surface area contributed by atoms with Crippen LogP contribution in [0, 0.1) is 13.8 Å². The number of aryl methyl sites for hydroxylation is 2. The van der Waals surface area contributed by atoms with Crippen molar-refractivity contribution in [3.63, 3.8) is 0 Å². The molecule has 0 aliphatic carbocycles. The fraction of sp³-hybridized carbons (Fsp3) is 0.538. The summed E-state index contributed by atoms with van der Waals surface area (Å²) >= 11 is 0. The summed E-state index contributed by atoms with van der Waals surface area (Å²) < 4.78 is 0. The second kappa shape index (κ2) is 6.86. The van der Waals surface area contributed by atoms with Gasteiger partial charge in [-0.1, -0.05) is 38.0 Å². The van der Waals surface area contributed by atoms with E-state index < -0.39 is 0 Å². The largest absolute Gasteiger partial charge is 0.324 e. The predicted octanol–water partition coefficient (Wildman–Crippen LogP) is 3.92. The summed E-state index contributed by atoms with van der Waals surface area (Å²) in [5.74, 6) is 0. The molecule has 2 heteroatoms. The van der Waals surface area contributed by atoms with E-state index in [0.717, 1.165) is 6.42 Å². The van der Waals surface area contributed by atoms with Crippen LogP contribution in [0.25, 0.3) is 0 Å². The highest BCUT2D eigenvalue weighted by atomic mass is 35.5. The van der Waals surface area contributed by atoms with Gasteiger partial charge in [0.15, 0.2) is 0 Å². The maximum Gasteiger partial charge on any atom is 0.0300 e.